The van der Waals surface area contributed by atoms with Crippen molar-refractivity contribution in [3.63, 3.8) is 0 Å². The van der Waals surface area contributed by atoms with Gasteiger partial charge in [-0.3, -0.25) is 4.79 Å². The lowest BCUT2D eigenvalue weighted by Crippen LogP contribution is -2.40. The number of benzene rings is 1. The maximum atomic E-state index is 12.1. The fourth-order valence-electron chi connectivity index (χ4n) is 1.91. The summed E-state index contributed by atoms with van der Waals surface area (Å²) in [4.78, 5) is 12.9. The van der Waals surface area contributed by atoms with E-state index in [1.807, 2.05) is 6.92 Å². The van der Waals surface area contributed by atoms with E-state index in [1.54, 1.807) is 18.2 Å². The second-order valence-corrected chi connectivity index (χ2v) is 6.76. The first-order valence-corrected chi connectivity index (χ1v) is 7.82. The Kier molecular flexibility index (Phi) is 5.39. The summed E-state index contributed by atoms with van der Waals surface area (Å²) in [5, 5.41) is 7.31. The smallest absolute Gasteiger partial charge is 0.233 e. The molecule has 0 aliphatic carbocycles. The van der Waals surface area contributed by atoms with Crippen LogP contribution in [0.5, 0.6) is 0 Å². The number of carbonyl (C=O) groups excluding carboxylic acids is 1. The van der Waals surface area contributed by atoms with E-state index >= 15 is 0 Å². The van der Waals surface area contributed by atoms with Gasteiger partial charge in [-0.25, -0.2) is 0 Å². The Morgan fingerprint density at radius 3 is 3.00 bits per heavy atom. The van der Waals surface area contributed by atoms with Crippen molar-refractivity contribution in [1.82, 2.24) is 10.6 Å². The molecule has 6 heteroatoms. The van der Waals surface area contributed by atoms with E-state index in [0.29, 0.717) is 10.0 Å². The average molecular weight is 319 g/mol. The third-order valence-electron chi connectivity index (χ3n) is 2.97. The van der Waals surface area contributed by atoms with E-state index in [9.17, 15) is 4.79 Å². The molecule has 0 radical (unpaired) electrons. The van der Waals surface area contributed by atoms with Crippen LogP contribution in [0, 0.1) is 0 Å². The molecule has 1 aromatic rings. The number of carbonyl (C=O) groups is 1. The molecule has 0 bridgehead atoms. The molecule has 1 heterocycles. The second-order valence-electron chi connectivity index (χ2n) is 4.53. The molecule has 1 saturated heterocycles. The van der Waals surface area contributed by atoms with Crippen LogP contribution in [-0.4, -0.2) is 30.3 Å². The van der Waals surface area contributed by atoms with Crippen molar-refractivity contribution in [2.45, 2.75) is 29.5 Å². The predicted molar refractivity (Wildman–Crippen MR) is 81.2 cm³/mol. The van der Waals surface area contributed by atoms with Gasteiger partial charge in [0.25, 0.3) is 0 Å². The Morgan fingerprint density at radius 2 is 2.32 bits per heavy atom. The van der Waals surface area contributed by atoms with Gasteiger partial charge < -0.3 is 10.6 Å². The molecule has 104 valence electrons. The summed E-state index contributed by atoms with van der Waals surface area (Å²) >= 11 is 13.5. The highest BCUT2D eigenvalue weighted by Gasteiger charge is 2.21. The summed E-state index contributed by atoms with van der Waals surface area (Å²) in [6.45, 7) is 3.69. The van der Waals surface area contributed by atoms with Crippen LogP contribution >= 0.6 is 35.0 Å². The summed E-state index contributed by atoms with van der Waals surface area (Å²) in [6.07, 6.45) is 0.987. The maximum Gasteiger partial charge on any atom is 0.233 e. The van der Waals surface area contributed by atoms with Crippen LogP contribution in [-0.2, 0) is 4.79 Å². The zero-order valence-corrected chi connectivity index (χ0v) is 12.9. The minimum absolute atomic E-state index is 0.0368. The Bertz CT molecular complexity index is 464. The lowest BCUT2D eigenvalue weighted by atomic mass is 10.2. The molecule has 1 aliphatic heterocycles. The topological polar surface area (TPSA) is 41.1 Å². The fourth-order valence-corrected chi connectivity index (χ4v) is 3.33. The predicted octanol–water partition coefficient (Wildman–Crippen LogP) is 2.95. The second kappa shape index (κ2) is 6.84. The number of amides is 1. The van der Waals surface area contributed by atoms with Gasteiger partial charge in [0, 0.05) is 22.5 Å². The lowest BCUT2D eigenvalue weighted by Gasteiger charge is -2.16. The van der Waals surface area contributed by atoms with Crippen LogP contribution in [0.4, 0.5) is 0 Å². The number of hydrogen-bond donors (Lipinski definition) is 2. The molecular formula is C13H16Cl2N2OS. The molecule has 1 amide bonds. The van der Waals surface area contributed by atoms with Gasteiger partial charge in [-0.05, 0) is 38.1 Å². The summed E-state index contributed by atoms with van der Waals surface area (Å²) in [5.74, 6) is 0.0368. The van der Waals surface area contributed by atoms with Crippen molar-refractivity contribution in [2.75, 3.05) is 13.1 Å². The molecule has 0 saturated carbocycles. The molecule has 3 nitrogen and oxygen atoms in total. The fraction of sp³-hybridized carbons (Fsp3) is 0.462. The summed E-state index contributed by atoms with van der Waals surface area (Å²) in [6, 6.07) is 5.51. The van der Waals surface area contributed by atoms with E-state index in [1.165, 1.54) is 11.8 Å². The quantitative estimate of drug-likeness (QED) is 0.839. The van der Waals surface area contributed by atoms with Crippen molar-refractivity contribution < 1.29 is 4.79 Å². The van der Waals surface area contributed by atoms with Gasteiger partial charge in [-0.15, -0.1) is 11.8 Å². The zero-order valence-electron chi connectivity index (χ0n) is 10.6. The van der Waals surface area contributed by atoms with Crippen LogP contribution in [0.3, 0.4) is 0 Å². The number of halogens is 2. The average Bonchev–Trinajstić information content (AvgIpc) is 2.86. The van der Waals surface area contributed by atoms with Crippen molar-refractivity contribution >= 4 is 40.9 Å². The number of nitrogens with one attached hydrogen (secondary N) is 2. The molecule has 1 fully saturated rings. The van der Waals surface area contributed by atoms with Gasteiger partial charge in [-0.1, -0.05) is 23.2 Å². The van der Waals surface area contributed by atoms with E-state index in [4.69, 9.17) is 23.2 Å². The molecule has 1 aliphatic rings. The summed E-state index contributed by atoms with van der Waals surface area (Å²) in [5.41, 5.74) is 0. The van der Waals surface area contributed by atoms with Gasteiger partial charge in [-0.2, -0.15) is 0 Å². The SMILES string of the molecule is CC(Sc1cc(Cl)ccc1Cl)C(=O)NC1CCNC1. The molecule has 0 aromatic heterocycles. The minimum Gasteiger partial charge on any atom is -0.351 e. The van der Waals surface area contributed by atoms with Crippen molar-refractivity contribution in [3.8, 4) is 0 Å². The first kappa shape index (κ1) is 15.0. The van der Waals surface area contributed by atoms with Crippen molar-refractivity contribution in [2.24, 2.45) is 0 Å². The minimum atomic E-state index is -0.198. The monoisotopic (exact) mass is 318 g/mol. The van der Waals surface area contributed by atoms with Crippen LogP contribution in [0.15, 0.2) is 23.1 Å². The Balaban J connectivity index is 1.93. The van der Waals surface area contributed by atoms with Crippen molar-refractivity contribution in [1.29, 1.82) is 0 Å². The first-order valence-electron chi connectivity index (χ1n) is 6.19. The number of thioether (sulfide) groups is 1. The number of rotatable bonds is 4. The van der Waals surface area contributed by atoms with Crippen LogP contribution in [0.2, 0.25) is 10.0 Å². The number of hydrogen-bond acceptors (Lipinski definition) is 3. The van der Waals surface area contributed by atoms with Crippen molar-refractivity contribution in [3.05, 3.63) is 28.2 Å². The van der Waals surface area contributed by atoms with E-state index in [2.05, 4.69) is 10.6 Å². The van der Waals surface area contributed by atoms with E-state index in [0.717, 1.165) is 24.4 Å². The first-order chi connectivity index (χ1) is 9.06. The Morgan fingerprint density at radius 1 is 1.53 bits per heavy atom. The van der Waals surface area contributed by atoms with Gasteiger partial charge in [0.15, 0.2) is 0 Å². The normalized spacial score (nSPS) is 20.3. The third kappa shape index (κ3) is 4.28. The standard InChI is InChI=1S/C13H16Cl2N2OS/c1-8(13(18)17-10-4-5-16-7-10)19-12-6-9(14)2-3-11(12)15/h2-3,6,8,10,16H,4-5,7H2,1H3,(H,17,18). The van der Waals surface area contributed by atoms with Gasteiger partial charge in [0.2, 0.25) is 5.91 Å². The molecule has 2 rings (SSSR count). The summed E-state index contributed by atoms with van der Waals surface area (Å²) < 4.78 is 0. The molecule has 1 aromatic carbocycles. The van der Waals surface area contributed by atoms with Crippen LogP contribution in [0.1, 0.15) is 13.3 Å². The lowest BCUT2D eigenvalue weighted by molar-refractivity contribution is -0.120. The van der Waals surface area contributed by atoms with E-state index < -0.39 is 0 Å². The highest BCUT2D eigenvalue weighted by molar-refractivity contribution is 8.00. The van der Waals surface area contributed by atoms with Gasteiger partial charge in [0.05, 0.1) is 10.3 Å². The molecule has 0 spiro atoms. The molecule has 19 heavy (non-hydrogen) atoms. The molecule has 2 N–H and O–H groups in total. The Hall–Kier alpha value is -0.420. The largest absolute Gasteiger partial charge is 0.351 e. The zero-order chi connectivity index (χ0) is 13.8. The van der Waals surface area contributed by atoms with Crippen LogP contribution in [0.25, 0.3) is 0 Å². The molecular weight excluding hydrogens is 303 g/mol. The third-order valence-corrected chi connectivity index (χ3v) is 4.81. The van der Waals surface area contributed by atoms with Gasteiger partial charge in [0.1, 0.15) is 0 Å². The van der Waals surface area contributed by atoms with Gasteiger partial charge >= 0.3 is 0 Å². The van der Waals surface area contributed by atoms with Crippen LogP contribution < -0.4 is 10.6 Å². The Labute approximate surface area is 127 Å². The molecule has 2 unspecified atom stereocenters. The molecule has 2 atom stereocenters. The maximum absolute atomic E-state index is 12.1. The summed E-state index contributed by atoms with van der Waals surface area (Å²) in [7, 11) is 0. The highest BCUT2D eigenvalue weighted by atomic mass is 35.5. The van der Waals surface area contributed by atoms with E-state index in [-0.39, 0.29) is 17.2 Å². The highest BCUT2D eigenvalue weighted by Crippen LogP contribution is 2.32.